The molecule has 5 aromatic rings. The lowest BCUT2D eigenvalue weighted by molar-refractivity contribution is -0.192. The van der Waals surface area contributed by atoms with Crippen molar-refractivity contribution in [3.05, 3.63) is 101 Å². The molecule has 0 aliphatic carbocycles. The van der Waals surface area contributed by atoms with Gasteiger partial charge in [0.2, 0.25) is 0 Å². The first kappa shape index (κ1) is 27.2. The smallest absolute Gasteiger partial charge is 0.475 e. The normalized spacial score (nSPS) is 11.2. The molecule has 0 saturated heterocycles. The van der Waals surface area contributed by atoms with Gasteiger partial charge in [0.15, 0.2) is 0 Å². The van der Waals surface area contributed by atoms with Gasteiger partial charge in [0, 0.05) is 36.8 Å². The third kappa shape index (κ3) is 7.14. The van der Waals surface area contributed by atoms with Gasteiger partial charge in [-0.25, -0.2) is 14.8 Å². The number of pyridine rings is 2. The van der Waals surface area contributed by atoms with E-state index >= 15 is 0 Å². The van der Waals surface area contributed by atoms with Crippen LogP contribution in [0.2, 0.25) is 0 Å². The summed E-state index contributed by atoms with van der Waals surface area (Å²) < 4.78 is 31.7. The second-order valence-corrected chi connectivity index (χ2v) is 8.35. The maximum atomic E-state index is 12.3. The van der Waals surface area contributed by atoms with Crippen LogP contribution in [-0.4, -0.2) is 48.9 Å². The fourth-order valence-corrected chi connectivity index (χ4v) is 3.74. The first-order valence-corrected chi connectivity index (χ1v) is 11.7. The summed E-state index contributed by atoms with van der Waals surface area (Å²) in [5.41, 5.74) is 5.57. The van der Waals surface area contributed by atoms with Crippen molar-refractivity contribution in [2.45, 2.75) is 19.1 Å². The van der Waals surface area contributed by atoms with Crippen LogP contribution in [0.25, 0.3) is 33.3 Å². The molecular weight excluding hydrogens is 513 g/mol. The largest absolute Gasteiger partial charge is 0.490 e. The number of H-pyrrole nitrogens is 2. The van der Waals surface area contributed by atoms with E-state index in [4.69, 9.17) is 14.9 Å². The number of fused-ring (bicyclic) bond motifs is 1. The van der Waals surface area contributed by atoms with Gasteiger partial charge in [-0.3, -0.25) is 9.89 Å². The average molecular weight is 537 g/mol. The molecule has 2 aromatic carbocycles. The van der Waals surface area contributed by atoms with Crippen LogP contribution in [0.15, 0.2) is 84.0 Å². The molecule has 0 radical (unpaired) electrons. The predicted octanol–water partition coefficient (Wildman–Crippen LogP) is 4.34. The van der Waals surface area contributed by atoms with Crippen molar-refractivity contribution in [1.82, 2.24) is 30.5 Å². The van der Waals surface area contributed by atoms with Crippen molar-refractivity contribution in [2.24, 2.45) is 0 Å². The molecule has 39 heavy (non-hydrogen) atoms. The highest BCUT2D eigenvalue weighted by molar-refractivity contribution is 5.91. The van der Waals surface area contributed by atoms with Gasteiger partial charge in [-0.15, -0.1) is 0 Å². The molecular formula is C27H23F3N6O3. The molecule has 200 valence electrons. The summed E-state index contributed by atoms with van der Waals surface area (Å²) in [5, 5.41) is 17.9. The van der Waals surface area contributed by atoms with E-state index in [0.717, 1.165) is 47.7 Å². The lowest BCUT2D eigenvalue weighted by atomic mass is 9.97. The Bertz CT molecular complexity index is 1590. The summed E-state index contributed by atoms with van der Waals surface area (Å²) in [6, 6.07) is 22.2. The molecule has 3 aromatic heterocycles. The van der Waals surface area contributed by atoms with Crippen LogP contribution in [0.3, 0.4) is 0 Å². The first-order chi connectivity index (χ1) is 18.7. The number of halogens is 3. The van der Waals surface area contributed by atoms with Gasteiger partial charge in [0.05, 0.1) is 16.6 Å². The number of hydrogen-bond acceptors (Lipinski definition) is 6. The van der Waals surface area contributed by atoms with E-state index in [1.165, 1.54) is 11.9 Å². The van der Waals surface area contributed by atoms with E-state index in [1.807, 2.05) is 42.5 Å². The summed E-state index contributed by atoms with van der Waals surface area (Å²) in [5.74, 6) is -1.88. The molecule has 4 N–H and O–H groups in total. The quantitative estimate of drug-likeness (QED) is 0.227. The van der Waals surface area contributed by atoms with Crippen LogP contribution in [0, 0.1) is 0 Å². The first-order valence-electron chi connectivity index (χ1n) is 11.7. The molecule has 9 nitrogen and oxygen atoms in total. The molecule has 0 unspecified atom stereocenters. The van der Waals surface area contributed by atoms with E-state index in [1.54, 1.807) is 6.20 Å². The van der Waals surface area contributed by atoms with Crippen molar-refractivity contribution in [3.8, 4) is 22.4 Å². The molecule has 0 fully saturated rings. The van der Waals surface area contributed by atoms with Crippen LogP contribution in [0.4, 0.5) is 13.2 Å². The molecule has 12 heteroatoms. The van der Waals surface area contributed by atoms with Crippen molar-refractivity contribution < 1.29 is 23.1 Å². The Labute approximate surface area is 219 Å². The Kier molecular flexibility index (Phi) is 8.46. The highest BCUT2D eigenvalue weighted by Gasteiger charge is 2.38. The number of carbonyl (C=O) groups is 1. The number of aliphatic carboxylic acids is 1. The number of aromatic amines is 2. The lowest BCUT2D eigenvalue weighted by Crippen LogP contribution is -2.21. The fraction of sp³-hybridized carbons (Fsp3) is 0.148. The Morgan fingerprint density at radius 2 is 1.72 bits per heavy atom. The van der Waals surface area contributed by atoms with Crippen LogP contribution in [0.5, 0.6) is 0 Å². The zero-order valence-corrected chi connectivity index (χ0v) is 20.4. The van der Waals surface area contributed by atoms with Gasteiger partial charge in [-0.05, 0) is 23.3 Å². The second kappa shape index (κ2) is 12.1. The Hall–Kier alpha value is -4.84. The number of nitrogens with zero attached hydrogens (tertiary/aromatic N) is 3. The monoisotopic (exact) mass is 536 g/mol. The highest BCUT2D eigenvalue weighted by Crippen LogP contribution is 2.32. The van der Waals surface area contributed by atoms with Crippen LogP contribution in [0.1, 0.15) is 11.4 Å². The molecule has 0 aliphatic heterocycles. The van der Waals surface area contributed by atoms with Gasteiger partial charge in [-0.1, -0.05) is 54.6 Å². The van der Waals surface area contributed by atoms with Crippen LogP contribution < -0.4 is 10.9 Å². The van der Waals surface area contributed by atoms with Gasteiger partial charge in [0.1, 0.15) is 12.2 Å². The van der Waals surface area contributed by atoms with E-state index in [-0.39, 0.29) is 5.56 Å². The molecule has 0 bridgehead atoms. The van der Waals surface area contributed by atoms with Gasteiger partial charge < -0.3 is 15.4 Å². The molecule has 0 aliphatic rings. The standard InChI is InChI=1S/C25H22N6O.C2HF3O2/c32-25-21-14-20(18-4-2-1-3-5-18)24(30-22(21)10-13-27-25)19-8-6-17(7-9-19)15-26-12-11-23-28-16-29-31-23;3-2(4,5)1(6)7/h1-10,13-14,16,26H,11-12,15H2,(H,27,32)(H,28,29,31);(H,6,7). The van der Waals surface area contributed by atoms with Gasteiger partial charge in [0.25, 0.3) is 5.56 Å². The van der Waals surface area contributed by atoms with Crippen molar-refractivity contribution in [3.63, 3.8) is 0 Å². The topological polar surface area (TPSA) is 137 Å². The van der Waals surface area contributed by atoms with Gasteiger partial charge in [-0.2, -0.15) is 18.3 Å². The minimum Gasteiger partial charge on any atom is -0.475 e. The second-order valence-electron chi connectivity index (χ2n) is 8.35. The zero-order chi connectivity index (χ0) is 27.8. The van der Waals surface area contributed by atoms with Gasteiger partial charge >= 0.3 is 12.1 Å². The Balaban J connectivity index is 0.000000448. The molecule has 3 heterocycles. The minimum absolute atomic E-state index is 0.134. The average Bonchev–Trinajstić information content (AvgIpc) is 3.45. The fourth-order valence-electron chi connectivity index (χ4n) is 3.74. The number of carboxylic acids is 1. The van der Waals surface area contributed by atoms with E-state index < -0.39 is 12.1 Å². The molecule has 0 atom stereocenters. The van der Waals surface area contributed by atoms with Crippen LogP contribution >= 0.6 is 0 Å². The summed E-state index contributed by atoms with van der Waals surface area (Å²) in [4.78, 5) is 33.0. The highest BCUT2D eigenvalue weighted by atomic mass is 19.4. The lowest BCUT2D eigenvalue weighted by Gasteiger charge is -2.12. The maximum absolute atomic E-state index is 12.3. The van der Waals surface area contributed by atoms with E-state index in [2.05, 4.69) is 49.7 Å². The van der Waals surface area contributed by atoms with E-state index in [0.29, 0.717) is 10.9 Å². The predicted molar refractivity (Wildman–Crippen MR) is 139 cm³/mol. The van der Waals surface area contributed by atoms with Crippen molar-refractivity contribution in [1.29, 1.82) is 0 Å². The maximum Gasteiger partial charge on any atom is 0.490 e. The van der Waals surface area contributed by atoms with E-state index in [9.17, 15) is 18.0 Å². The summed E-state index contributed by atoms with van der Waals surface area (Å²) in [6.07, 6.45) is -1.12. The number of aromatic nitrogens is 5. The van der Waals surface area contributed by atoms with Crippen molar-refractivity contribution >= 4 is 16.9 Å². The summed E-state index contributed by atoms with van der Waals surface area (Å²) >= 11 is 0. The number of alkyl halides is 3. The minimum atomic E-state index is -5.08. The number of rotatable bonds is 7. The van der Waals surface area contributed by atoms with Crippen molar-refractivity contribution in [2.75, 3.05) is 6.54 Å². The Morgan fingerprint density at radius 3 is 2.36 bits per heavy atom. The summed E-state index contributed by atoms with van der Waals surface area (Å²) in [7, 11) is 0. The number of benzene rings is 2. The molecule has 5 rings (SSSR count). The zero-order valence-electron chi connectivity index (χ0n) is 20.4. The molecule has 0 spiro atoms. The number of carboxylic acid groups (broad SMARTS) is 1. The SMILES string of the molecule is O=C(O)C(F)(F)F.O=c1[nH]ccc2nc(-c3ccc(CNCCc4ncn[nH]4)cc3)c(-c3ccccc3)cc12. The Morgan fingerprint density at radius 1 is 1.00 bits per heavy atom. The number of hydrogen-bond donors (Lipinski definition) is 4. The molecule has 0 amide bonds. The third-order valence-electron chi connectivity index (χ3n) is 5.64. The summed E-state index contributed by atoms with van der Waals surface area (Å²) in [6.45, 7) is 1.58. The van der Waals surface area contributed by atoms with Crippen LogP contribution in [-0.2, 0) is 17.8 Å². The molecule has 0 saturated carbocycles. The third-order valence-corrected chi connectivity index (χ3v) is 5.64. The number of nitrogens with one attached hydrogen (secondary N) is 3.